The molecular formula is C39H39FN4O4. The Balaban J connectivity index is 1.27. The first-order chi connectivity index (χ1) is 23.3. The van der Waals surface area contributed by atoms with Crippen molar-refractivity contribution in [3.05, 3.63) is 113 Å². The van der Waals surface area contributed by atoms with E-state index >= 15 is 4.39 Å². The Labute approximate surface area is 279 Å². The summed E-state index contributed by atoms with van der Waals surface area (Å²) in [5.41, 5.74) is 8.21. The van der Waals surface area contributed by atoms with Crippen LogP contribution in [0.3, 0.4) is 0 Å². The molecule has 2 aromatic heterocycles. The summed E-state index contributed by atoms with van der Waals surface area (Å²) in [5.74, 6) is -0.112. The quantitative estimate of drug-likeness (QED) is 0.131. The van der Waals surface area contributed by atoms with Gasteiger partial charge in [0.15, 0.2) is 5.82 Å². The predicted molar refractivity (Wildman–Crippen MR) is 188 cm³/mol. The number of nitrogens with one attached hydrogen (secondary N) is 1. The van der Waals surface area contributed by atoms with Gasteiger partial charge in [-0.05, 0) is 97.0 Å². The number of rotatable bonds is 10. The predicted octanol–water partition coefficient (Wildman–Crippen LogP) is 8.06. The molecular weight excluding hydrogens is 607 g/mol. The van der Waals surface area contributed by atoms with Gasteiger partial charge in [-0.2, -0.15) is 0 Å². The lowest BCUT2D eigenvalue weighted by molar-refractivity contribution is -0.144. The standard InChI is InChI=1S/C39H39FN4O4/c1-24-27(19-33(40)28-13-14-30(23-45)36(20-28)48-3)8-6-9-31(24)32-10-7-11-34(25(32)2)43-38-37-29(15-16-41-38)18-26(21-42-37)22-44-17-5-4-12-35(44)39(46)47/h6-11,13-16,18-21,35,45H,4-5,12,17,22-23H2,1-3H3,(H,41,43)(H,46,47)/b33-19-. The molecule has 1 atom stereocenters. The van der Waals surface area contributed by atoms with Gasteiger partial charge in [-0.3, -0.25) is 14.7 Å². The number of halogens is 1. The number of aliphatic carboxylic acids is 1. The summed E-state index contributed by atoms with van der Waals surface area (Å²) >= 11 is 0. The molecule has 6 rings (SSSR count). The number of carboxylic acid groups (broad SMARTS) is 1. The lowest BCUT2D eigenvalue weighted by Crippen LogP contribution is -2.44. The Morgan fingerprint density at radius 2 is 1.83 bits per heavy atom. The number of aliphatic hydroxyl groups is 1. The van der Waals surface area contributed by atoms with Crippen molar-refractivity contribution in [3.8, 4) is 16.9 Å². The Hall–Kier alpha value is -5.12. The summed E-state index contributed by atoms with van der Waals surface area (Å²) in [6, 6.07) is 20.3. The van der Waals surface area contributed by atoms with Crippen molar-refractivity contribution in [2.24, 2.45) is 0 Å². The number of ether oxygens (including phenoxy) is 1. The maximum Gasteiger partial charge on any atom is 0.320 e. The molecule has 0 aliphatic carbocycles. The molecule has 0 radical (unpaired) electrons. The van der Waals surface area contributed by atoms with E-state index in [0.717, 1.165) is 69.4 Å². The maximum atomic E-state index is 15.5. The van der Waals surface area contributed by atoms with E-state index in [4.69, 9.17) is 9.72 Å². The van der Waals surface area contributed by atoms with Gasteiger partial charge < -0.3 is 20.3 Å². The molecule has 3 heterocycles. The molecule has 246 valence electrons. The second kappa shape index (κ2) is 14.3. The average Bonchev–Trinajstić information content (AvgIpc) is 3.10. The van der Waals surface area contributed by atoms with Crippen LogP contribution in [0.15, 0.2) is 79.1 Å². The zero-order valence-electron chi connectivity index (χ0n) is 27.3. The number of fused-ring (bicyclic) bond motifs is 1. The molecule has 3 aromatic carbocycles. The van der Waals surface area contributed by atoms with E-state index < -0.39 is 17.8 Å². The van der Waals surface area contributed by atoms with Crippen LogP contribution in [0.4, 0.5) is 15.9 Å². The van der Waals surface area contributed by atoms with Crippen molar-refractivity contribution in [1.82, 2.24) is 14.9 Å². The Bertz CT molecular complexity index is 2010. The van der Waals surface area contributed by atoms with Crippen LogP contribution in [0.5, 0.6) is 5.75 Å². The molecule has 3 N–H and O–H groups in total. The van der Waals surface area contributed by atoms with Crippen LogP contribution < -0.4 is 10.1 Å². The number of piperidine rings is 1. The molecule has 0 saturated carbocycles. The van der Waals surface area contributed by atoms with Crippen LogP contribution in [0.1, 0.15) is 52.6 Å². The third-order valence-corrected chi connectivity index (χ3v) is 9.21. The third-order valence-electron chi connectivity index (χ3n) is 9.21. The van der Waals surface area contributed by atoms with E-state index in [1.807, 2.05) is 61.3 Å². The number of benzene rings is 3. The second-order valence-electron chi connectivity index (χ2n) is 12.2. The molecule has 8 nitrogen and oxygen atoms in total. The van der Waals surface area contributed by atoms with Gasteiger partial charge in [0.25, 0.3) is 0 Å². The number of pyridine rings is 2. The molecule has 1 aliphatic heterocycles. The molecule has 48 heavy (non-hydrogen) atoms. The average molecular weight is 647 g/mol. The Kier molecular flexibility index (Phi) is 9.80. The molecule has 1 fully saturated rings. The summed E-state index contributed by atoms with van der Waals surface area (Å²) in [4.78, 5) is 23.2. The van der Waals surface area contributed by atoms with Gasteiger partial charge in [0, 0.05) is 41.1 Å². The van der Waals surface area contributed by atoms with E-state index in [1.165, 1.54) is 13.2 Å². The fraction of sp³-hybridized carbons (Fsp3) is 0.256. The van der Waals surface area contributed by atoms with Crippen LogP contribution in [0.25, 0.3) is 33.9 Å². The van der Waals surface area contributed by atoms with Crippen molar-refractivity contribution in [1.29, 1.82) is 0 Å². The minimum absolute atomic E-state index is 0.188. The Morgan fingerprint density at radius 1 is 1.04 bits per heavy atom. The fourth-order valence-electron chi connectivity index (χ4n) is 6.51. The molecule has 1 saturated heterocycles. The zero-order chi connectivity index (χ0) is 33.8. The molecule has 0 amide bonds. The highest BCUT2D eigenvalue weighted by Crippen LogP contribution is 2.36. The van der Waals surface area contributed by atoms with Crippen LogP contribution >= 0.6 is 0 Å². The first-order valence-electron chi connectivity index (χ1n) is 16.1. The number of aliphatic hydroxyl groups excluding tert-OH is 1. The van der Waals surface area contributed by atoms with E-state index in [0.29, 0.717) is 35.7 Å². The maximum absolute atomic E-state index is 15.5. The van der Waals surface area contributed by atoms with Gasteiger partial charge in [-0.15, -0.1) is 0 Å². The number of hydrogen-bond acceptors (Lipinski definition) is 7. The van der Waals surface area contributed by atoms with Crippen molar-refractivity contribution < 1.29 is 24.1 Å². The van der Waals surface area contributed by atoms with Crippen LogP contribution in [-0.4, -0.2) is 50.7 Å². The van der Waals surface area contributed by atoms with Crippen LogP contribution in [0, 0.1) is 13.8 Å². The van der Waals surface area contributed by atoms with Gasteiger partial charge in [0.05, 0.1) is 13.7 Å². The van der Waals surface area contributed by atoms with Crippen molar-refractivity contribution in [3.63, 3.8) is 0 Å². The number of nitrogens with zero attached hydrogens (tertiary/aromatic N) is 3. The normalized spacial score (nSPS) is 15.4. The SMILES string of the molecule is COc1cc(/C(F)=C/c2cccc(-c3cccc(Nc4nccc5cc(CN6CCCCC6C(=O)O)cnc45)c3C)c2C)ccc1CO. The second-order valence-corrected chi connectivity index (χ2v) is 12.2. The molecule has 9 heteroatoms. The highest BCUT2D eigenvalue weighted by atomic mass is 19.1. The highest BCUT2D eigenvalue weighted by molar-refractivity contribution is 5.91. The van der Waals surface area contributed by atoms with Gasteiger partial charge in [0.1, 0.15) is 23.1 Å². The van der Waals surface area contributed by atoms with E-state index in [2.05, 4.69) is 22.4 Å². The van der Waals surface area contributed by atoms with Crippen molar-refractivity contribution in [2.75, 3.05) is 19.0 Å². The molecule has 0 bridgehead atoms. The van der Waals surface area contributed by atoms with Gasteiger partial charge >= 0.3 is 5.97 Å². The minimum atomic E-state index is -0.770. The lowest BCUT2D eigenvalue weighted by atomic mass is 9.92. The molecule has 0 spiro atoms. The summed E-state index contributed by atoms with van der Waals surface area (Å²) in [6.07, 6.45) is 7.68. The number of hydrogen-bond donors (Lipinski definition) is 3. The topological polar surface area (TPSA) is 108 Å². The minimum Gasteiger partial charge on any atom is -0.496 e. The molecule has 5 aromatic rings. The first kappa shape index (κ1) is 32.8. The van der Waals surface area contributed by atoms with Gasteiger partial charge in [0.2, 0.25) is 0 Å². The summed E-state index contributed by atoms with van der Waals surface area (Å²) < 4.78 is 20.8. The largest absolute Gasteiger partial charge is 0.496 e. The van der Waals surface area contributed by atoms with Gasteiger partial charge in [-0.25, -0.2) is 9.37 Å². The molecule has 1 unspecified atom stereocenters. The lowest BCUT2D eigenvalue weighted by Gasteiger charge is -2.32. The third kappa shape index (κ3) is 6.79. The Morgan fingerprint density at radius 3 is 2.60 bits per heavy atom. The number of carboxylic acids is 1. The van der Waals surface area contributed by atoms with Crippen LogP contribution in [0.2, 0.25) is 0 Å². The van der Waals surface area contributed by atoms with Crippen molar-refractivity contribution in [2.45, 2.75) is 52.3 Å². The summed E-state index contributed by atoms with van der Waals surface area (Å²) in [7, 11) is 1.50. The van der Waals surface area contributed by atoms with E-state index in [9.17, 15) is 15.0 Å². The number of carbonyl (C=O) groups is 1. The number of methoxy groups -OCH3 is 1. The van der Waals surface area contributed by atoms with Gasteiger partial charge in [-0.1, -0.05) is 48.9 Å². The number of anilines is 2. The van der Waals surface area contributed by atoms with E-state index in [-0.39, 0.29) is 6.61 Å². The number of likely N-dealkylation sites (tertiary alicyclic amines) is 1. The zero-order valence-corrected chi connectivity index (χ0v) is 27.3. The summed E-state index contributed by atoms with van der Waals surface area (Å²) in [6.45, 7) is 5.14. The highest BCUT2D eigenvalue weighted by Gasteiger charge is 2.28. The smallest absolute Gasteiger partial charge is 0.320 e. The first-order valence-corrected chi connectivity index (χ1v) is 16.1. The monoisotopic (exact) mass is 646 g/mol. The van der Waals surface area contributed by atoms with E-state index in [1.54, 1.807) is 24.4 Å². The summed E-state index contributed by atoms with van der Waals surface area (Å²) in [5, 5.41) is 23.6. The van der Waals surface area contributed by atoms with Crippen molar-refractivity contribution >= 4 is 40.3 Å². The molecule has 1 aliphatic rings. The van der Waals surface area contributed by atoms with Crippen LogP contribution in [-0.2, 0) is 17.9 Å². The fourth-order valence-corrected chi connectivity index (χ4v) is 6.51. The number of aromatic nitrogens is 2.